The van der Waals surface area contributed by atoms with E-state index in [1.54, 1.807) is 12.1 Å². The zero-order valence-electron chi connectivity index (χ0n) is 17.1. The predicted octanol–water partition coefficient (Wildman–Crippen LogP) is 4.53. The van der Waals surface area contributed by atoms with E-state index >= 15 is 0 Å². The summed E-state index contributed by atoms with van der Waals surface area (Å²) < 4.78 is 49.0. The highest BCUT2D eigenvalue weighted by Crippen LogP contribution is 2.37. The summed E-state index contributed by atoms with van der Waals surface area (Å²) in [6.45, 7) is 5.00. The summed E-state index contributed by atoms with van der Waals surface area (Å²) >= 11 is 0.996. The molecule has 0 atom stereocenters. The maximum atomic E-state index is 13.1. The standard InChI is InChI=1S/C19H19F3N6O2S/c1-10(2)30-16-8-7-14(25-26-16)17-24-18(31-27-17)23-13-6-5-12(19(20,21)22)9-15(13)28(4)11(3)29/h5-10H,1-4H3,(H,23,24,27). The Morgan fingerprint density at radius 2 is 1.94 bits per heavy atom. The van der Waals surface area contributed by atoms with Crippen molar-refractivity contribution in [3.8, 4) is 17.4 Å². The molecule has 0 aliphatic rings. The molecule has 0 aliphatic heterocycles. The molecule has 0 saturated carbocycles. The number of carbonyl (C=O) groups excluding carboxylic acids is 1. The monoisotopic (exact) mass is 452 g/mol. The summed E-state index contributed by atoms with van der Waals surface area (Å²) in [4.78, 5) is 17.2. The van der Waals surface area contributed by atoms with Crippen molar-refractivity contribution in [3.05, 3.63) is 35.9 Å². The first-order chi connectivity index (χ1) is 14.5. The molecular formula is C19H19F3N6O2S. The molecule has 1 aromatic carbocycles. The number of aromatic nitrogens is 4. The van der Waals surface area contributed by atoms with Crippen molar-refractivity contribution in [2.24, 2.45) is 0 Å². The highest BCUT2D eigenvalue weighted by Gasteiger charge is 2.31. The van der Waals surface area contributed by atoms with Gasteiger partial charge in [0.2, 0.25) is 16.9 Å². The Kier molecular flexibility index (Phi) is 6.39. The second-order valence-electron chi connectivity index (χ2n) is 6.78. The van der Waals surface area contributed by atoms with E-state index in [1.807, 2.05) is 13.8 Å². The van der Waals surface area contributed by atoms with Crippen LogP contribution in [0.4, 0.5) is 29.7 Å². The van der Waals surface area contributed by atoms with Crippen LogP contribution in [-0.2, 0) is 11.0 Å². The van der Waals surface area contributed by atoms with Gasteiger partial charge in [-0.3, -0.25) is 4.79 Å². The second-order valence-corrected chi connectivity index (χ2v) is 7.53. The molecule has 2 aromatic heterocycles. The number of halogens is 3. The Balaban J connectivity index is 1.86. The molecule has 8 nitrogen and oxygen atoms in total. The van der Waals surface area contributed by atoms with Crippen LogP contribution in [0.5, 0.6) is 5.88 Å². The van der Waals surface area contributed by atoms with Gasteiger partial charge >= 0.3 is 6.18 Å². The number of nitrogens with one attached hydrogen (secondary N) is 1. The van der Waals surface area contributed by atoms with Gasteiger partial charge in [0.1, 0.15) is 5.69 Å². The normalized spacial score (nSPS) is 11.5. The van der Waals surface area contributed by atoms with Crippen LogP contribution in [0.3, 0.4) is 0 Å². The third-order valence-corrected chi connectivity index (χ3v) is 4.68. The molecule has 31 heavy (non-hydrogen) atoms. The first-order valence-corrected chi connectivity index (χ1v) is 9.89. The summed E-state index contributed by atoms with van der Waals surface area (Å²) in [7, 11) is 1.39. The minimum absolute atomic E-state index is 0.0422. The smallest absolute Gasteiger partial charge is 0.416 e. The minimum atomic E-state index is -4.54. The topological polar surface area (TPSA) is 93.1 Å². The van der Waals surface area contributed by atoms with E-state index in [1.165, 1.54) is 20.0 Å². The van der Waals surface area contributed by atoms with E-state index < -0.39 is 17.6 Å². The number of hydrogen-bond donors (Lipinski definition) is 1. The Bertz CT molecular complexity index is 1070. The lowest BCUT2D eigenvalue weighted by atomic mass is 10.1. The molecule has 1 N–H and O–H groups in total. The summed E-state index contributed by atoms with van der Waals surface area (Å²) in [5.41, 5.74) is -0.110. The lowest BCUT2D eigenvalue weighted by Crippen LogP contribution is -2.24. The van der Waals surface area contributed by atoms with Crippen molar-refractivity contribution >= 4 is 33.9 Å². The third kappa shape index (κ3) is 5.45. The maximum Gasteiger partial charge on any atom is 0.416 e. The van der Waals surface area contributed by atoms with Crippen LogP contribution in [0.15, 0.2) is 30.3 Å². The Hall–Kier alpha value is -3.28. The van der Waals surface area contributed by atoms with E-state index in [0.29, 0.717) is 22.5 Å². The van der Waals surface area contributed by atoms with Gasteiger partial charge in [0.05, 0.1) is 23.0 Å². The van der Waals surface area contributed by atoms with Gasteiger partial charge in [0.25, 0.3) is 0 Å². The van der Waals surface area contributed by atoms with Crippen molar-refractivity contribution in [1.29, 1.82) is 0 Å². The van der Waals surface area contributed by atoms with Gasteiger partial charge in [0.15, 0.2) is 5.82 Å². The van der Waals surface area contributed by atoms with Crippen LogP contribution >= 0.6 is 11.5 Å². The quantitative estimate of drug-likeness (QED) is 0.587. The Morgan fingerprint density at radius 1 is 1.19 bits per heavy atom. The number of hydrogen-bond acceptors (Lipinski definition) is 8. The molecule has 0 saturated heterocycles. The number of nitrogens with zero attached hydrogens (tertiary/aromatic N) is 5. The Morgan fingerprint density at radius 3 is 2.52 bits per heavy atom. The van der Waals surface area contributed by atoms with E-state index in [9.17, 15) is 18.0 Å². The van der Waals surface area contributed by atoms with E-state index in [0.717, 1.165) is 28.6 Å². The number of ether oxygens (including phenoxy) is 1. The van der Waals surface area contributed by atoms with Gasteiger partial charge in [0, 0.05) is 31.6 Å². The van der Waals surface area contributed by atoms with Crippen molar-refractivity contribution in [2.45, 2.75) is 33.1 Å². The third-order valence-electron chi connectivity index (χ3n) is 4.05. The highest BCUT2D eigenvalue weighted by atomic mass is 32.1. The molecule has 2 heterocycles. The molecule has 0 bridgehead atoms. The molecule has 0 fully saturated rings. The summed E-state index contributed by atoms with van der Waals surface area (Å²) in [5.74, 6) is 0.248. The average Bonchev–Trinajstić information content (AvgIpc) is 3.15. The highest BCUT2D eigenvalue weighted by molar-refractivity contribution is 7.10. The summed E-state index contributed by atoms with van der Waals surface area (Å²) in [6, 6.07) is 6.39. The number of benzene rings is 1. The molecule has 0 aliphatic carbocycles. The van der Waals surface area contributed by atoms with Gasteiger partial charge in [-0.1, -0.05) is 0 Å². The minimum Gasteiger partial charge on any atom is -0.474 e. The van der Waals surface area contributed by atoms with Crippen molar-refractivity contribution in [2.75, 3.05) is 17.3 Å². The predicted molar refractivity (Wildman–Crippen MR) is 111 cm³/mol. The number of amides is 1. The molecular weight excluding hydrogens is 433 g/mol. The van der Waals surface area contributed by atoms with Crippen molar-refractivity contribution in [1.82, 2.24) is 19.6 Å². The van der Waals surface area contributed by atoms with Crippen LogP contribution in [0.1, 0.15) is 26.3 Å². The zero-order chi connectivity index (χ0) is 22.8. The van der Waals surface area contributed by atoms with Gasteiger partial charge in [-0.05, 0) is 38.1 Å². The average molecular weight is 452 g/mol. The lowest BCUT2D eigenvalue weighted by molar-refractivity contribution is -0.137. The molecule has 3 aromatic rings. The molecule has 12 heteroatoms. The first kappa shape index (κ1) is 22.4. The SMILES string of the molecule is CC(=O)N(C)c1cc(C(F)(F)F)ccc1Nc1nc(-c2ccc(OC(C)C)nn2)ns1. The van der Waals surface area contributed by atoms with E-state index in [-0.39, 0.29) is 17.5 Å². The fourth-order valence-corrected chi connectivity index (χ4v) is 3.09. The zero-order valence-corrected chi connectivity index (χ0v) is 17.9. The van der Waals surface area contributed by atoms with E-state index in [2.05, 4.69) is 24.9 Å². The van der Waals surface area contributed by atoms with Crippen LogP contribution in [-0.4, -0.2) is 38.6 Å². The van der Waals surface area contributed by atoms with Crippen LogP contribution < -0.4 is 15.0 Å². The molecule has 1 amide bonds. The summed E-state index contributed by atoms with van der Waals surface area (Å²) in [6.07, 6.45) is -4.58. The molecule has 164 valence electrons. The number of anilines is 3. The number of rotatable bonds is 6. The second kappa shape index (κ2) is 8.84. The molecule has 3 rings (SSSR count). The fraction of sp³-hybridized carbons (Fsp3) is 0.316. The fourth-order valence-electron chi connectivity index (χ4n) is 2.50. The maximum absolute atomic E-state index is 13.1. The van der Waals surface area contributed by atoms with Crippen LogP contribution in [0.2, 0.25) is 0 Å². The Labute approximate surface area is 180 Å². The molecule has 0 spiro atoms. The molecule has 0 unspecified atom stereocenters. The first-order valence-electron chi connectivity index (χ1n) is 9.11. The number of alkyl halides is 3. The lowest BCUT2D eigenvalue weighted by Gasteiger charge is -2.21. The van der Waals surface area contributed by atoms with Gasteiger partial charge < -0.3 is 15.0 Å². The van der Waals surface area contributed by atoms with Gasteiger partial charge in [-0.25, -0.2) is 0 Å². The van der Waals surface area contributed by atoms with Crippen molar-refractivity contribution < 1.29 is 22.7 Å². The van der Waals surface area contributed by atoms with Gasteiger partial charge in [-0.2, -0.15) is 22.5 Å². The van der Waals surface area contributed by atoms with Crippen LogP contribution in [0, 0.1) is 0 Å². The van der Waals surface area contributed by atoms with E-state index in [4.69, 9.17) is 4.74 Å². The van der Waals surface area contributed by atoms with Crippen LogP contribution in [0.25, 0.3) is 11.5 Å². The summed E-state index contributed by atoms with van der Waals surface area (Å²) in [5, 5.41) is 11.2. The largest absolute Gasteiger partial charge is 0.474 e. The number of carbonyl (C=O) groups is 1. The van der Waals surface area contributed by atoms with Gasteiger partial charge in [-0.15, -0.1) is 10.2 Å². The van der Waals surface area contributed by atoms with Crippen molar-refractivity contribution in [3.63, 3.8) is 0 Å². The molecule has 0 radical (unpaired) electrons.